The van der Waals surface area contributed by atoms with E-state index < -0.39 is 0 Å². The lowest BCUT2D eigenvalue weighted by molar-refractivity contribution is 0.945. The molecule has 0 fully saturated rings. The van der Waals surface area contributed by atoms with Crippen molar-refractivity contribution in [2.75, 3.05) is 0 Å². The molecule has 2 heteroatoms. The van der Waals surface area contributed by atoms with E-state index in [1.54, 1.807) is 0 Å². The molecule has 1 unspecified atom stereocenters. The number of aryl methyl sites for hydroxylation is 1. The zero-order valence-electron chi connectivity index (χ0n) is 7.13. The average Bonchev–Trinajstić information content (AvgIpc) is 2.08. The molecule has 1 atom stereocenters. The summed E-state index contributed by atoms with van der Waals surface area (Å²) >= 11 is 3.39. The van der Waals surface area contributed by atoms with Gasteiger partial charge in [-0.1, -0.05) is 22.0 Å². The van der Waals surface area contributed by atoms with E-state index in [2.05, 4.69) is 20.8 Å². The van der Waals surface area contributed by atoms with Crippen LogP contribution >= 0.6 is 15.9 Å². The van der Waals surface area contributed by atoms with Crippen molar-refractivity contribution in [1.82, 2.24) is 0 Å². The summed E-state index contributed by atoms with van der Waals surface area (Å²) < 4.78 is 1.04. The van der Waals surface area contributed by atoms with Gasteiger partial charge in [-0.2, -0.15) is 0 Å². The third-order valence-electron chi connectivity index (χ3n) is 1.89. The summed E-state index contributed by atoms with van der Waals surface area (Å²) in [6.07, 6.45) is 0. The Kier molecular flexibility index (Phi) is 2.88. The normalized spacial score (nSPS) is 12.2. The molecule has 0 aromatic heterocycles. The molecule has 1 aromatic carbocycles. The van der Waals surface area contributed by atoms with E-state index in [1.807, 2.05) is 32.0 Å². The first kappa shape index (κ1) is 9.28. The fraction of sp³-hybridized carbons (Fsp3) is 0.300. The largest absolute Gasteiger partial charge is 0.309 e. The molecular weight excluding hydrogens is 214 g/mol. The van der Waals surface area contributed by atoms with Crippen LogP contribution in [-0.2, 0) is 0 Å². The van der Waals surface area contributed by atoms with Crippen molar-refractivity contribution in [3.8, 4) is 0 Å². The Bertz CT molecular complexity index is 325. The molecule has 0 amide bonds. The first-order valence-corrected chi connectivity index (χ1v) is 4.57. The van der Waals surface area contributed by atoms with Crippen LogP contribution in [-0.4, -0.2) is 0 Å². The number of halogens is 1. The topological polar surface area (TPSA) is 4.36 Å². The highest BCUT2D eigenvalue weighted by Crippen LogP contribution is 2.24. The molecular formula is C10H10BrN. The van der Waals surface area contributed by atoms with Gasteiger partial charge in [0.2, 0.25) is 6.04 Å². The van der Waals surface area contributed by atoms with Crippen molar-refractivity contribution < 1.29 is 0 Å². The molecule has 62 valence electrons. The number of hydrogen-bond acceptors (Lipinski definition) is 0. The molecule has 0 radical (unpaired) electrons. The Balaban J connectivity index is 3.15. The average molecular weight is 224 g/mol. The van der Waals surface area contributed by atoms with Crippen LogP contribution in [0.1, 0.15) is 24.1 Å². The van der Waals surface area contributed by atoms with E-state index >= 15 is 0 Å². The summed E-state index contributed by atoms with van der Waals surface area (Å²) in [4.78, 5) is 3.49. The van der Waals surface area contributed by atoms with Gasteiger partial charge in [-0.25, -0.2) is 6.57 Å². The molecule has 0 aliphatic rings. The summed E-state index contributed by atoms with van der Waals surface area (Å²) in [6, 6.07) is 6.00. The Morgan fingerprint density at radius 1 is 1.50 bits per heavy atom. The van der Waals surface area contributed by atoms with E-state index in [-0.39, 0.29) is 6.04 Å². The molecule has 12 heavy (non-hydrogen) atoms. The molecule has 0 bridgehead atoms. The van der Waals surface area contributed by atoms with Gasteiger partial charge in [0, 0.05) is 17.0 Å². The minimum absolute atomic E-state index is 0.0394. The van der Waals surface area contributed by atoms with Gasteiger partial charge in [-0.3, -0.25) is 0 Å². The van der Waals surface area contributed by atoms with Gasteiger partial charge in [-0.15, -0.1) is 0 Å². The fourth-order valence-corrected chi connectivity index (χ4v) is 1.51. The smallest absolute Gasteiger partial charge is 0.246 e. The number of rotatable bonds is 1. The Labute approximate surface area is 81.4 Å². The highest BCUT2D eigenvalue weighted by Gasteiger charge is 2.11. The Hall–Kier alpha value is -0.810. The van der Waals surface area contributed by atoms with E-state index in [4.69, 9.17) is 6.57 Å². The fourth-order valence-electron chi connectivity index (χ4n) is 1.13. The molecule has 1 rings (SSSR count). The van der Waals surface area contributed by atoms with Gasteiger partial charge in [-0.05, 0) is 24.6 Å². The van der Waals surface area contributed by atoms with Crippen LogP contribution in [0.15, 0.2) is 22.7 Å². The number of benzene rings is 1. The second kappa shape index (κ2) is 3.73. The van der Waals surface area contributed by atoms with Crippen molar-refractivity contribution in [3.63, 3.8) is 0 Å². The molecule has 1 aromatic rings. The van der Waals surface area contributed by atoms with Crippen LogP contribution in [0.5, 0.6) is 0 Å². The second-order valence-electron chi connectivity index (χ2n) is 2.81. The molecule has 0 saturated heterocycles. The molecule has 0 aliphatic carbocycles. The van der Waals surface area contributed by atoms with Gasteiger partial charge in [0.15, 0.2) is 0 Å². The first-order valence-electron chi connectivity index (χ1n) is 3.77. The van der Waals surface area contributed by atoms with Gasteiger partial charge in [0.25, 0.3) is 0 Å². The number of hydrogen-bond donors (Lipinski definition) is 0. The summed E-state index contributed by atoms with van der Waals surface area (Å²) in [7, 11) is 0. The van der Waals surface area contributed by atoms with Crippen LogP contribution in [0.4, 0.5) is 0 Å². The zero-order chi connectivity index (χ0) is 9.14. The third-order valence-corrected chi connectivity index (χ3v) is 2.38. The lowest BCUT2D eigenvalue weighted by Crippen LogP contribution is -1.90. The van der Waals surface area contributed by atoms with Gasteiger partial charge < -0.3 is 4.85 Å². The predicted octanol–water partition coefficient (Wildman–Crippen LogP) is 3.74. The van der Waals surface area contributed by atoms with Crippen LogP contribution < -0.4 is 0 Å². The highest BCUT2D eigenvalue weighted by atomic mass is 79.9. The lowest BCUT2D eigenvalue weighted by atomic mass is 10.0. The summed E-state index contributed by atoms with van der Waals surface area (Å²) in [5.74, 6) is 0. The van der Waals surface area contributed by atoms with Gasteiger partial charge >= 0.3 is 0 Å². The van der Waals surface area contributed by atoms with Crippen molar-refractivity contribution in [2.45, 2.75) is 19.9 Å². The van der Waals surface area contributed by atoms with Crippen LogP contribution in [0.2, 0.25) is 0 Å². The van der Waals surface area contributed by atoms with Crippen LogP contribution in [0.25, 0.3) is 4.85 Å². The third kappa shape index (κ3) is 1.86. The van der Waals surface area contributed by atoms with Crippen molar-refractivity contribution in [2.24, 2.45) is 0 Å². The lowest BCUT2D eigenvalue weighted by Gasteiger charge is -2.04. The second-order valence-corrected chi connectivity index (χ2v) is 3.72. The molecule has 0 heterocycles. The number of nitrogens with zero attached hydrogens (tertiary/aromatic N) is 1. The minimum Gasteiger partial charge on any atom is -0.309 e. The summed E-state index contributed by atoms with van der Waals surface area (Å²) in [5.41, 5.74) is 2.29. The minimum atomic E-state index is -0.0394. The van der Waals surface area contributed by atoms with Gasteiger partial charge in [0.1, 0.15) is 0 Å². The van der Waals surface area contributed by atoms with Crippen molar-refractivity contribution >= 4 is 15.9 Å². The van der Waals surface area contributed by atoms with E-state index in [0.717, 1.165) is 10.0 Å². The SMILES string of the molecule is [C-]#[N+]C(C)c1cc(Br)ccc1C. The van der Waals surface area contributed by atoms with Crippen molar-refractivity contribution in [1.29, 1.82) is 0 Å². The van der Waals surface area contributed by atoms with Crippen LogP contribution in [0.3, 0.4) is 0 Å². The first-order chi connectivity index (χ1) is 5.65. The van der Waals surface area contributed by atoms with Crippen LogP contribution in [0, 0.1) is 13.5 Å². The Morgan fingerprint density at radius 2 is 2.17 bits per heavy atom. The summed E-state index contributed by atoms with van der Waals surface area (Å²) in [6.45, 7) is 10.9. The molecule has 0 saturated carbocycles. The van der Waals surface area contributed by atoms with E-state index in [1.165, 1.54) is 5.56 Å². The quantitative estimate of drug-likeness (QED) is 0.640. The maximum absolute atomic E-state index is 6.92. The molecule has 1 nitrogen and oxygen atoms in total. The van der Waals surface area contributed by atoms with Crippen molar-refractivity contribution in [3.05, 3.63) is 45.2 Å². The van der Waals surface area contributed by atoms with E-state index in [0.29, 0.717) is 0 Å². The maximum atomic E-state index is 6.92. The monoisotopic (exact) mass is 223 g/mol. The molecule has 0 aliphatic heterocycles. The molecule has 0 spiro atoms. The highest BCUT2D eigenvalue weighted by molar-refractivity contribution is 9.10. The van der Waals surface area contributed by atoms with Gasteiger partial charge in [0.05, 0.1) is 0 Å². The zero-order valence-corrected chi connectivity index (χ0v) is 8.72. The Morgan fingerprint density at radius 3 is 2.75 bits per heavy atom. The standard InChI is InChI=1S/C10H10BrN/c1-7-4-5-9(11)6-10(7)8(2)12-3/h4-6,8H,1-2H3. The van der Waals surface area contributed by atoms with E-state index in [9.17, 15) is 0 Å². The maximum Gasteiger partial charge on any atom is 0.246 e. The molecule has 0 N–H and O–H groups in total. The summed E-state index contributed by atoms with van der Waals surface area (Å²) in [5, 5.41) is 0. The predicted molar refractivity (Wildman–Crippen MR) is 53.9 cm³/mol.